The Morgan fingerprint density at radius 3 is 2.65 bits per heavy atom. The van der Waals surface area contributed by atoms with Crippen LogP contribution in [0.1, 0.15) is 29.3 Å². The first-order valence-electron chi connectivity index (χ1n) is 8.17. The molecule has 2 N–H and O–H groups in total. The lowest BCUT2D eigenvalue weighted by Gasteiger charge is -2.18. The summed E-state index contributed by atoms with van der Waals surface area (Å²) in [6.07, 6.45) is -3.41. The van der Waals surface area contributed by atoms with Crippen LogP contribution in [0.2, 0.25) is 0 Å². The van der Waals surface area contributed by atoms with Crippen LogP contribution in [0.5, 0.6) is 0 Å². The third-order valence-corrected chi connectivity index (χ3v) is 5.83. The van der Waals surface area contributed by atoms with Crippen molar-refractivity contribution in [3.8, 4) is 0 Å². The van der Waals surface area contributed by atoms with E-state index in [4.69, 9.17) is 5.11 Å². The first-order chi connectivity index (χ1) is 12.0. The van der Waals surface area contributed by atoms with E-state index in [0.717, 1.165) is 6.07 Å². The second-order valence-electron chi connectivity index (χ2n) is 6.34. The lowest BCUT2D eigenvalue weighted by Crippen LogP contribution is -2.35. The highest BCUT2D eigenvalue weighted by molar-refractivity contribution is 7.89. The van der Waals surface area contributed by atoms with Crippen molar-refractivity contribution in [2.75, 3.05) is 26.2 Å². The van der Waals surface area contributed by atoms with Gasteiger partial charge in [-0.05, 0) is 43.0 Å². The quantitative estimate of drug-likeness (QED) is 0.740. The molecule has 1 aliphatic rings. The van der Waals surface area contributed by atoms with Crippen LogP contribution in [0.4, 0.5) is 13.2 Å². The number of likely N-dealkylation sites (tertiary alicyclic amines) is 1. The van der Waals surface area contributed by atoms with Crippen molar-refractivity contribution in [1.82, 2.24) is 9.62 Å². The number of aromatic carboxylic acids is 1. The molecule has 146 valence electrons. The molecular formula is C16H21F3N2O4S. The Bertz CT molecular complexity index is 765. The van der Waals surface area contributed by atoms with Gasteiger partial charge in [0.25, 0.3) is 0 Å². The molecule has 1 aromatic carbocycles. The predicted molar refractivity (Wildman–Crippen MR) is 88.6 cm³/mol. The molecule has 1 aromatic rings. The zero-order chi connectivity index (χ0) is 19.5. The minimum Gasteiger partial charge on any atom is -0.478 e. The fraction of sp³-hybridized carbons (Fsp3) is 0.562. The van der Waals surface area contributed by atoms with E-state index < -0.39 is 28.7 Å². The third-order valence-electron chi connectivity index (χ3n) is 4.32. The molecule has 1 aliphatic heterocycles. The number of aryl methyl sites for hydroxylation is 1. The SMILES string of the molecule is CCc1ccc(C(=O)O)cc1S(=O)(=O)NCC1CCN(CC(F)(F)F)C1. The molecule has 26 heavy (non-hydrogen) atoms. The van der Waals surface area contributed by atoms with Crippen molar-refractivity contribution in [2.24, 2.45) is 5.92 Å². The van der Waals surface area contributed by atoms with Crippen molar-refractivity contribution in [3.63, 3.8) is 0 Å². The summed E-state index contributed by atoms with van der Waals surface area (Å²) in [7, 11) is -3.95. The molecule has 2 rings (SSSR count). The topological polar surface area (TPSA) is 86.7 Å². The smallest absolute Gasteiger partial charge is 0.401 e. The standard InChI is InChI=1S/C16H21F3N2O4S/c1-2-12-3-4-13(15(22)23)7-14(12)26(24,25)20-8-11-5-6-21(9-11)10-16(17,18)19/h3-4,7,11,20H,2,5-6,8-10H2,1H3,(H,22,23). The molecule has 6 nitrogen and oxygen atoms in total. The van der Waals surface area contributed by atoms with Crippen LogP contribution in [0, 0.1) is 5.92 Å². The number of nitrogens with one attached hydrogen (secondary N) is 1. The lowest BCUT2D eigenvalue weighted by atomic mass is 10.1. The molecule has 1 atom stereocenters. The number of sulfonamides is 1. The van der Waals surface area contributed by atoms with Crippen molar-refractivity contribution >= 4 is 16.0 Å². The van der Waals surface area contributed by atoms with Gasteiger partial charge in [0.1, 0.15) is 0 Å². The van der Waals surface area contributed by atoms with Gasteiger partial charge >= 0.3 is 12.1 Å². The number of halogens is 3. The van der Waals surface area contributed by atoms with Crippen molar-refractivity contribution in [3.05, 3.63) is 29.3 Å². The van der Waals surface area contributed by atoms with Crippen LogP contribution in [0.15, 0.2) is 23.1 Å². The maximum Gasteiger partial charge on any atom is 0.401 e. The minimum absolute atomic E-state index is 0.0111. The molecule has 10 heteroatoms. The number of rotatable bonds is 7. The average Bonchev–Trinajstić information content (AvgIpc) is 2.97. The highest BCUT2D eigenvalue weighted by Crippen LogP contribution is 2.23. The number of hydrogen-bond acceptors (Lipinski definition) is 4. The van der Waals surface area contributed by atoms with Gasteiger partial charge in [0.2, 0.25) is 10.0 Å². The Labute approximate surface area is 150 Å². The van der Waals surface area contributed by atoms with E-state index in [-0.39, 0.29) is 36.0 Å². The van der Waals surface area contributed by atoms with Gasteiger partial charge in [-0.1, -0.05) is 13.0 Å². The van der Waals surface area contributed by atoms with Gasteiger partial charge in [0.15, 0.2) is 0 Å². The molecule has 0 spiro atoms. The zero-order valence-corrected chi connectivity index (χ0v) is 15.0. The van der Waals surface area contributed by atoms with Gasteiger partial charge in [-0.3, -0.25) is 4.90 Å². The second-order valence-corrected chi connectivity index (χ2v) is 8.07. The van der Waals surface area contributed by atoms with Crippen molar-refractivity contribution in [2.45, 2.75) is 30.8 Å². The summed E-state index contributed by atoms with van der Waals surface area (Å²) >= 11 is 0. The van der Waals surface area contributed by atoms with E-state index in [2.05, 4.69) is 4.72 Å². The van der Waals surface area contributed by atoms with Crippen LogP contribution in [0.25, 0.3) is 0 Å². The third kappa shape index (κ3) is 5.42. The van der Waals surface area contributed by atoms with Crippen LogP contribution in [-0.2, 0) is 16.4 Å². The Kier molecular flexibility index (Phi) is 6.30. The summed E-state index contributed by atoms with van der Waals surface area (Å²) in [5.41, 5.74) is 0.340. The summed E-state index contributed by atoms with van der Waals surface area (Å²) in [6, 6.07) is 3.90. The molecule has 1 heterocycles. The highest BCUT2D eigenvalue weighted by Gasteiger charge is 2.34. The summed E-state index contributed by atoms with van der Waals surface area (Å²) < 4.78 is 64.8. The Hall–Kier alpha value is -1.65. The van der Waals surface area contributed by atoms with Crippen LogP contribution < -0.4 is 4.72 Å². The van der Waals surface area contributed by atoms with Gasteiger partial charge in [-0.2, -0.15) is 13.2 Å². The summed E-state index contributed by atoms with van der Waals surface area (Å²) in [5, 5.41) is 9.05. The van der Waals surface area contributed by atoms with Gasteiger partial charge < -0.3 is 5.11 Å². The molecule has 0 radical (unpaired) electrons. The Morgan fingerprint density at radius 2 is 2.08 bits per heavy atom. The van der Waals surface area contributed by atoms with Crippen LogP contribution in [0.3, 0.4) is 0 Å². The largest absolute Gasteiger partial charge is 0.478 e. The first-order valence-corrected chi connectivity index (χ1v) is 9.65. The van der Waals surface area contributed by atoms with E-state index in [9.17, 15) is 26.4 Å². The summed E-state index contributed by atoms with van der Waals surface area (Å²) in [4.78, 5) is 12.2. The number of carboxylic acid groups (broad SMARTS) is 1. The molecule has 0 aliphatic carbocycles. The second kappa shape index (κ2) is 7.93. The number of alkyl halides is 3. The Morgan fingerprint density at radius 1 is 1.38 bits per heavy atom. The lowest BCUT2D eigenvalue weighted by molar-refractivity contribution is -0.143. The monoisotopic (exact) mass is 394 g/mol. The molecule has 1 fully saturated rings. The van der Waals surface area contributed by atoms with E-state index in [1.165, 1.54) is 17.0 Å². The highest BCUT2D eigenvalue weighted by atomic mass is 32.2. The molecule has 0 saturated carbocycles. The molecule has 0 aromatic heterocycles. The fourth-order valence-electron chi connectivity index (χ4n) is 3.01. The first kappa shape index (κ1) is 20.7. The molecule has 0 bridgehead atoms. The number of nitrogens with zero attached hydrogens (tertiary/aromatic N) is 1. The zero-order valence-electron chi connectivity index (χ0n) is 14.2. The van der Waals surface area contributed by atoms with Gasteiger partial charge in [0.05, 0.1) is 17.0 Å². The number of carboxylic acids is 1. The molecule has 1 unspecified atom stereocenters. The summed E-state index contributed by atoms with van der Waals surface area (Å²) in [6.45, 7) is 1.19. The number of benzene rings is 1. The Balaban J connectivity index is 2.06. The van der Waals surface area contributed by atoms with Gasteiger partial charge in [0, 0.05) is 13.1 Å². The number of carbonyl (C=O) groups is 1. The van der Waals surface area contributed by atoms with Crippen LogP contribution in [-0.4, -0.2) is 56.7 Å². The number of hydrogen-bond donors (Lipinski definition) is 2. The predicted octanol–water partition coefficient (Wildman–Crippen LogP) is 2.11. The molecule has 1 saturated heterocycles. The fourth-order valence-corrected chi connectivity index (χ4v) is 4.46. The minimum atomic E-state index is -4.28. The van der Waals surface area contributed by atoms with E-state index in [1.807, 2.05) is 0 Å². The van der Waals surface area contributed by atoms with E-state index in [1.54, 1.807) is 6.92 Å². The van der Waals surface area contributed by atoms with Crippen LogP contribution >= 0.6 is 0 Å². The summed E-state index contributed by atoms with van der Waals surface area (Å²) in [5.74, 6) is -1.46. The maximum absolute atomic E-state index is 12.6. The van der Waals surface area contributed by atoms with E-state index >= 15 is 0 Å². The normalized spacial score (nSPS) is 19.0. The average molecular weight is 394 g/mol. The van der Waals surface area contributed by atoms with Gasteiger partial charge in [-0.25, -0.2) is 17.9 Å². The maximum atomic E-state index is 12.6. The van der Waals surface area contributed by atoms with Crippen molar-refractivity contribution in [1.29, 1.82) is 0 Å². The van der Waals surface area contributed by atoms with Gasteiger partial charge in [-0.15, -0.1) is 0 Å². The molecular weight excluding hydrogens is 373 g/mol. The molecule has 0 amide bonds. The van der Waals surface area contributed by atoms with E-state index in [0.29, 0.717) is 18.4 Å². The van der Waals surface area contributed by atoms with Crippen molar-refractivity contribution < 1.29 is 31.5 Å².